The van der Waals surface area contributed by atoms with Gasteiger partial charge in [0.15, 0.2) is 0 Å². The highest BCUT2D eigenvalue weighted by atomic mass is 16.4. The van der Waals surface area contributed by atoms with Gasteiger partial charge in [0.25, 0.3) is 0 Å². The van der Waals surface area contributed by atoms with Gasteiger partial charge >= 0.3 is 5.97 Å². The first kappa shape index (κ1) is 11.3. The number of carboxylic acid groups (broad SMARTS) is 1. The number of anilines is 1. The van der Waals surface area contributed by atoms with Crippen molar-refractivity contribution in [3.63, 3.8) is 0 Å². The Morgan fingerprint density at radius 3 is 2.53 bits per heavy atom. The summed E-state index contributed by atoms with van der Waals surface area (Å²) in [6, 6.07) is 9.17. The van der Waals surface area contributed by atoms with E-state index in [0.717, 1.165) is 5.69 Å². The van der Waals surface area contributed by atoms with Gasteiger partial charge in [0.2, 0.25) is 0 Å². The lowest BCUT2D eigenvalue weighted by atomic mass is 10.0. The zero-order valence-electron chi connectivity index (χ0n) is 9.50. The van der Waals surface area contributed by atoms with E-state index in [9.17, 15) is 4.79 Å². The number of benzene rings is 1. The van der Waals surface area contributed by atoms with E-state index in [1.807, 2.05) is 35.2 Å². The van der Waals surface area contributed by atoms with Crippen LogP contribution in [0.4, 0.5) is 5.69 Å². The Labute approximate surface area is 99.3 Å². The molecule has 0 saturated heterocycles. The summed E-state index contributed by atoms with van der Waals surface area (Å²) in [5.41, 5.74) is 8.08. The van der Waals surface area contributed by atoms with Crippen LogP contribution in [0.1, 0.15) is 18.4 Å². The van der Waals surface area contributed by atoms with Crippen molar-refractivity contribution in [3.05, 3.63) is 48.3 Å². The molecule has 17 heavy (non-hydrogen) atoms. The van der Waals surface area contributed by atoms with Gasteiger partial charge in [-0.3, -0.25) is 4.79 Å². The van der Waals surface area contributed by atoms with E-state index in [4.69, 9.17) is 10.8 Å². The zero-order valence-corrected chi connectivity index (χ0v) is 9.50. The Kier molecular flexibility index (Phi) is 2.87. The van der Waals surface area contributed by atoms with Crippen LogP contribution in [0, 0.1) is 0 Å². The highest BCUT2D eigenvalue weighted by Crippen LogP contribution is 2.23. The van der Waals surface area contributed by atoms with Crippen molar-refractivity contribution in [2.75, 3.05) is 5.73 Å². The van der Waals surface area contributed by atoms with Crippen molar-refractivity contribution in [2.45, 2.75) is 12.8 Å². The Balaban J connectivity index is 2.39. The van der Waals surface area contributed by atoms with Gasteiger partial charge in [0.1, 0.15) is 0 Å². The van der Waals surface area contributed by atoms with Crippen LogP contribution in [0.2, 0.25) is 0 Å². The molecule has 2 aromatic rings. The molecule has 0 aliphatic heterocycles. The van der Waals surface area contributed by atoms with E-state index in [0.29, 0.717) is 11.3 Å². The molecule has 3 N–H and O–H groups in total. The van der Waals surface area contributed by atoms with E-state index >= 15 is 0 Å². The molecule has 1 aromatic heterocycles. The second-order valence-electron chi connectivity index (χ2n) is 3.97. The lowest BCUT2D eigenvalue weighted by molar-refractivity contribution is -0.138. The number of carboxylic acids is 1. The fourth-order valence-corrected chi connectivity index (χ4v) is 1.72. The second-order valence-corrected chi connectivity index (χ2v) is 3.97. The third kappa shape index (κ3) is 2.15. The van der Waals surface area contributed by atoms with Crippen molar-refractivity contribution in [1.82, 2.24) is 4.57 Å². The summed E-state index contributed by atoms with van der Waals surface area (Å²) >= 11 is 0. The number of nitrogens with two attached hydrogens (primary N) is 1. The van der Waals surface area contributed by atoms with Crippen LogP contribution in [0.3, 0.4) is 0 Å². The van der Waals surface area contributed by atoms with Gasteiger partial charge in [-0.25, -0.2) is 0 Å². The first-order valence-electron chi connectivity index (χ1n) is 5.35. The lowest BCUT2D eigenvalue weighted by Crippen LogP contribution is -2.08. The third-order valence-electron chi connectivity index (χ3n) is 2.80. The fourth-order valence-electron chi connectivity index (χ4n) is 1.72. The molecule has 88 valence electrons. The van der Waals surface area contributed by atoms with Crippen molar-refractivity contribution < 1.29 is 9.90 Å². The SMILES string of the molecule is CC(C(=O)O)c1ccc(-n2cccc2)c(N)c1. The summed E-state index contributed by atoms with van der Waals surface area (Å²) in [5, 5.41) is 8.93. The summed E-state index contributed by atoms with van der Waals surface area (Å²) in [6.07, 6.45) is 3.79. The van der Waals surface area contributed by atoms with Crippen molar-refractivity contribution in [2.24, 2.45) is 0 Å². The van der Waals surface area contributed by atoms with Crippen LogP contribution in [0.25, 0.3) is 5.69 Å². The normalized spacial score (nSPS) is 12.3. The summed E-state index contributed by atoms with van der Waals surface area (Å²) in [6.45, 7) is 1.65. The monoisotopic (exact) mass is 230 g/mol. The molecule has 4 heteroatoms. The summed E-state index contributed by atoms with van der Waals surface area (Å²) < 4.78 is 1.89. The molecule has 1 aromatic carbocycles. The quantitative estimate of drug-likeness (QED) is 0.794. The minimum atomic E-state index is -0.849. The number of hydrogen-bond acceptors (Lipinski definition) is 2. The Hall–Kier alpha value is -2.23. The number of rotatable bonds is 3. The Bertz CT molecular complexity index is 532. The van der Waals surface area contributed by atoms with Gasteiger partial charge in [0, 0.05) is 12.4 Å². The maximum Gasteiger partial charge on any atom is 0.310 e. The molecule has 0 aliphatic rings. The lowest BCUT2D eigenvalue weighted by Gasteiger charge is -2.11. The average Bonchev–Trinajstić information content (AvgIpc) is 2.81. The summed E-state index contributed by atoms with van der Waals surface area (Å²) in [5.74, 6) is -1.39. The van der Waals surface area contributed by atoms with Crippen LogP contribution in [-0.2, 0) is 4.79 Å². The molecular weight excluding hydrogens is 216 g/mol. The number of aliphatic carboxylic acids is 1. The molecule has 1 atom stereocenters. The molecule has 4 nitrogen and oxygen atoms in total. The molecule has 0 bridgehead atoms. The van der Waals surface area contributed by atoms with Crippen LogP contribution in [0.5, 0.6) is 0 Å². The number of aromatic nitrogens is 1. The fraction of sp³-hybridized carbons (Fsp3) is 0.154. The molecule has 0 spiro atoms. The van der Waals surface area contributed by atoms with Crippen molar-refractivity contribution in [1.29, 1.82) is 0 Å². The van der Waals surface area contributed by atoms with Crippen molar-refractivity contribution >= 4 is 11.7 Å². The van der Waals surface area contributed by atoms with E-state index in [2.05, 4.69) is 0 Å². The molecule has 0 aliphatic carbocycles. The average molecular weight is 230 g/mol. The molecule has 0 radical (unpaired) electrons. The minimum Gasteiger partial charge on any atom is -0.481 e. The van der Waals surface area contributed by atoms with E-state index in [1.165, 1.54) is 0 Å². The highest BCUT2D eigenvalue weighted by Gasteiger charge is 2.14. The van der Waals surface area contributed by atoms with Crippen LogP contribution >= 0.6 is 0 Å². The predicted octanol–water partition coefficient (Wildman–Crippen LogP) is 2.25. The zero-order chi connectivity index (χ0) is 12.4. The maximum absolute atomic E-state index is 10.9. The second kappa shape index (κ2) is 4.33. The molecule has 0 saturated carbocycles. The molecule has 1 heterocycles. The van der Waals surface area contributed by atoms with E-state index in [1.54, 1.807) is 19.1 Å². The highest BCUT2D eigenvalue weighted by molar-refractivity contribution is 5.76. The van der Waals surface area contributed by atoms with E-state index < -0.39 is 11.9 Å². The van der Waals surface area contributed by atoms with Gasteiger partial charge in [-0.1, -0.05) is 6.07 Å². The summed E-state index contributed by atoms with van der Waals surface area (Å²) in [7, 11) is 0. The number of nitrogens with zero attached hydrogens (tertiary/aromatic N) is 1. The minimum absolute atomic E-state index is 0.545. The standard InChI is InChI=1S/C13H14N2O2/c1-9(13(16)17)10-4-5-12(11(14)8-10)15-6-2-3-7-15/h2-9H,14H2,1H3,(H,16,17). The van der Waals surface area contributed by atoms with Gasteiger partial charge in [-0.15, -0.1) is 0 Å². The van der Waals surface area contributed by atoms with Gasteiger partial charge in [-0.2, -0.15) is 0 Å². The maximum atomic E-state index is 10.9. The number of hydrogen-bond donors (Lipinski definition) is 2. The topological polar surface area (TPSA) is 68.2 Å². The van der Waals surface area contributed by atoms with Crippen molar-refractivity contribution in [3.8, 4) is 5.69 Å². The smallest absolute Gasteiger partial charge is 0.310 e. The Morgan fingerprint density at radius 1 is 1.35 bits per heavy atom. The first-order valence-corrected chi connectivity index (χ1v) is 5.35. The van der Waals surface area contributed by atoms with Gasteiger partial charge in [-0.05, 0) is 36.8 Å². The summed E-state index contributed by atoms with van der Waals surface area (Å²) in [4.78, 5) is 10.9. The number of nitrogen functional groups attached to an aromatic ring is 1. The number of carbonyl (C=O) groups is 1. The molecule has 2 rings (SSSR count). The van der Waals surface area contributed by atoms with Gasteiger partial charge in [0.05, 0.1) is 17.3 Å². The molecular formula is C13H14N2O2. The predicted molar refractivity (Wildman–Crippen MR) is 66.2 cm³/mol. The van der Waals surface area contributed by atoms with Crippen LogP contribution in [-0.4, -0.2) is 15.6 Å². The van der Waals surface area contributed by atoms with E-state index in [-0.39, 0.29) is 0 Å². The molecule has 1 unspecified atom stereocenters. The van der Waals surface area contributed by atoms with Crippen LogP contribution in [0.15, 0.2) is 42.7 Å². The third-order valence-corrected chi connectivity index (χ3v) is 2.80. The van der Waals surface area contributed by atoms with Gasteiger partial charge < -0.3 is 15.4 Å². The Morgan fingerprint density at radius 2 is 2.00 bits per heavy atom. The molecule has 0 fully saturated rings. The largest absolute Gasteiger partial charge is 0.481 e. The van der Waals surface area contributed by atoms with Crippen LogP contribution < -0.4 is 5.73 Å². The molecule has 0 amide bonds. The first-order chi connectivity index (χ1) is 8.09.